The fourth-order valence-electron chi connectivity index (χ4n) is 1.77. The third-order valence-electron chi connectivity index (χ3n) is 2.88. The number of hydrogen-bond acceptors (Lipinski definition) is 2. The van der Waals surface area contributed by atoms with Crippen LogP contribution in [0.25, 0.3) is 6.08 Å². The molecule has 1 amide bonds. The Bertz CT molecular complexity index is 894. The smallest absolute Gasteiger partial charge is 0.259 e. The molecular weight excluding hydrogens is 274 g/mol. The monoisotopic (exact) mass is 298 g/mol. The van der Waals surface area contributed by atoms with E-state index in [1.807, 2.05) is 0 Å². The number of carbonyl (C=O) groups is 2. The first kappa shape index (κ1) is 10.1. The Hall–Kier alpha value is -2.68. The molecule has 2 aromatic carbocycles. The summed E-state index contributed by atoms with van der Waals surface area (Å²) in [5, 5.41) is 2.32. The molecule has 0 spiro atoms. The molecule has 0 aliphatic heterocycles. The van der Waals surface area contributed by atoms with Gasteiger partial charge in [0.25, 0.3) is 5.91 Å². The molecule has 2 aromatic rings. The van der Waals surface area contributed by atoms with Gasteiger partial charge >= 0.3 is 0 Å². The molecule has 0 bridgehead atoms. The molecule has 0 heterocycles. The molecule has 0 radical (unpaired) electrons. The van der Waals surface area contributed by atoms with Crippen molar-refractivity contribution in [3.8, 4) is 0 Å². The van der Waals surface area contributed by atoms with Gasteiger partial charge in [-0.3, -0.25) is 9.59 Å². The Balaban J connectivity index is 2.50. The molecule has 2 rings (SSSR count). The number of Topliss-reactive ketones (excluding diaryl/α,β-unsaturated/α-hetero) is 1. The van der Waals surface area contributed by atoms with Crippen LogP contribution in [0, 0.1) is 5.92 Å². The SMILES string of the molecule is [2H]c1c([2H])c([2H])c(NC(=O)/C(=C\c2ccccc2)C(=O)C(C)C)c([2H])c1[2H]. The van der Waals surface area contributed by atoms with Gasteiger partial charge in [-0.05, 0) is 23.7 Å². The van der Waals surface area contributed by atoms with E-state index in [-0.39, 0.29) is 11.3 Å². The Kier molecular flexibility index (Phi) is 3.39. The van der Waals surface area contributed by atoms with Crippen LogP contribution >= 0.6 is 0 Å². The third kappa shape index (κ3) is 4.16. The van der Waals surface area contributed by atoms with Gasteiger partial charge in [-0.1, -0.05) is 62.3 Å². The van der Waals surface area contributed by atoms with Gasteiger partial charge in [-0.2, -0.15) is 0 Å². The van der Waals surface area contributed by atoms with Gasteiger partial charge in [0.15, 0.2) is 5.78 Å². The van der Waals surface area contributed by atoms with Crippen LogP contribution in [0.15, 0.2) is 66.1 Å². The second kappa shape index (κ2) is 7.36. The van der Waals surface area contributed by atoms with Crippen molar-refractivity contribution in [3.63, 3.8) is 0 Å². The lowest BCUT2D eigenvalue weighted by Gasteiger charge is -2.10. The predicted octanol–water partition coefficient (Wildman–Crippen LogP) is 3.93. The van der Waals surface area contributed by atoms with Crippen molar-refractivity contribution in [2.75, 3.05) is 5.32 Å². The summed E-state index contributed by atoms with van der Waals surface area (Å²) in [6.07, 6.45) is 1.42. The van der Waals surface area contributed by atoms with E-state index in [4.69, 9.17) is 6.85 Å². The van der Waals surface area contributed by atoms with Crippen LogP contribution in [0.5, 0.6) is 0 Å². The van der Waals surface area contributed by atoms with Crippen LogP contribution < -0.4 is 5.32 Å². The molecule has 3 nitrogen and oxygen atoms in total. The molecule has 1 N–H and O–H groups in total. The zero-order valence-electron chi connectivity index (χ0n) is 17.4. The largest absolute Gasteiger partial charge is 0.322 e. The van der Waals surface area contributed by atoms with Crippen LogP contribution in [0.3, 0.4) is 0 Å². The molecule has 0 fully saturated rings. The molecule has 0 saturated carbocycles. The summed E-state index contributed by atoms with van der Waals surface area (Å²) in [5.41, 5.74) is 0.127. The Morgan fingerprint density at radius 2 is 1.73 bits per heavy atom. The van der Waals surface area contributed by atoms with Crippen molar-refractivity contribution in [1.82, 2.24) is 0 Å². The fraction of sp³-hybridized carbons (Fsp3) is 0.158. The summed E-state index contributed by atoms with van der Waals surface area (Å²) in [4.78, 5) is 25.2. The van der Waals surface area contributed by atoms with E-state index >= 15 is 0 Å². The number of anilines is 1. The average Bonchev–Trinajstić information content (AvgIpc) is 2.66. The second-order valence-corrected chi connectivity index (χ2v) is 4.94. The quantitative estimate of drug-likeness (QED) is 0.516. The summed E-state index contributed by atoms with van der Waals surface area (Å²) in [7, 11) is 0. The zero-order valence-corrected chi connectivity index (χ0v) is 12.4. The van der Waals surface area contributed by atoms with Gasteiger partial charge in [0, 0.05) is 11.6 Å². The topological polar surface area (TPSA) is 46.2 Å². The van der Waals surface area contributed by atoms with Gasteiger partial charge in [0.2, 0.25) is 0 Å². The standard InChI is InChI=1S/C19H19NO2/c1-14(2)18(21)17(13-15-9-5-3-6-10-15)19(22)20-16-11-7-4-8-12-16/h3-14H,1-2H3,(H,20,22)/b17-13-/i4D,7D,8D,11D,12D. The number of carbonyl (C=O) groups excluding carboxylic acids is 2. The molecule has 0 atom stereocenters. The fourth-order valence-corrected chi connectivity index (χ4v) is 1.77. The lowest BCUT2D eigenvalue weighted by atomic mass is 9.98. The van der Waals surface area contributed by atoms with Crippen LogP contribution in [0.2, 0.25) is 0 Å². The minimum absolute atomic E-state index is 0.150. The first-order valence-electron chi connectivity index (χ1n) is 9.34. The molecule has 0 aliphatic rings. The molecular formula is C19H19NO2. The summed E-state index contributed by atoms with van der Waals surface area (Å²) in [6, 6.07) is 6.03. The van der Waals surface area contributed by atoms with Crippen molar-refractivity contribution in [2.45, 2.75) is 13.8 Å². The highest BCUT2D eigenvalue weighted by Crippen LogP contribution is 2.15. The van der Waals surface area contributed by atoms with Gasteiger partial charge in [0.1, 0.15) is 0 Å². The van der Waals surface area contributed by atoms with Crippen molar-refractivity contribution < 1.29 is 16.4 Å². The molecule has 0 aliphatic carbocycles. The maximum Gasteiger partial charge on any atom is 0.259 e. The summed E-state index contributed by atoms with van der Waals surface area (Å²) in [6.45, 7) is 3.30. The first-order valence-corrected chi connectivity index (χ1v) is 6.84. The number of rotatable bonds is 5. The number of benzene rings is 2. The second-order valence-electron chi connectivity index (χ2n) is 4.94. The van der Waals surface area contributed by atoms with Crippen LogP contribution in [0.1, 0.15) is 26.3 Å². The highest BCUT2D eigenvalue weighted by Gasteiger charge is 2.21. The molecule has 22 heavy (non-hydrogen) atoms. The van der Waals surface area contributed by atoms with Gasteiger partial charge in [-0.15, -0.1) is 0 Å². The highest BCUT2D eigenvalue weighted by atomic mass is 16.2. The predicted molar refractivity (Wildman–Crippen MR) is 89.3 cm³/mol. The van der Waals surface area contributed by atoms with Gasteiger partial charge in [0.05, 0.1) is 12.4 Å². The van der Waals surface area contributed by atoms with Gasteiger partial charge in [-0.25, -0.2) is 0 Å². The van der Waals surface area contributed by atoms with Gasteiger partial charge < -0.3 is 5.32 Å². The first-order chi connectivity index (χ1) is 12.6. The molecule has 112 valence electrons. The Labute approximate surface area is 137 Å². The van der Waals surface area contributed by atoms with E-state index in [1.165, 1.54) is 6.08 Å². The Morgan fingerprint density at radius 1 is 1.09 bits per heavy atom. The van der Waals surface area contributed by atoms with E-state index in [0.717, 1.165) is 0 Å². The molecule has 0 aromatic heterocycles. The molecule has 0 unspecified atom stereocenters. The van der Waals surface area contributed by atoms with Crippen molar-refractivity contribution in [2.24, 2.45) is 5.92 Å². The summed E-state index contributed by atoms with van der Waals surface area (Å²) < 4.78 is 38.7. The van der Waals surface area contributed by atoms with Crippen molar-refractivity contribution >= 4 is 23.5 Å². The number of ketones is 1. The van der Waals surface area contributed by atoms with E-state index in [0.29, 0.717) is 5.56 Å². The lowest BCUT2D eigenvalue weighted by Crippen LogP contribution is -2.23. The van der Waals surface area contributed by atoms with Crippen LogP contribution in [-0.4, -0.2) is 11.7 Å². The lowest BCUT2D eigenvalue weighted by molar-refractivity contribution is -0.121. The van der Waals surface area contributed by atoms with Crippen molar-refractivity contribution in [1.29, 1.82) is 0 Å². The minimum atomic E-state index is -0.823. The van der Waals surface area contributed by atoms with E-state index in [9.17, 15) is 9.59 Å². The molecule has 3 heteroatoms. The zero-order chi connectivity index (χ0) is 20.3. The van der Waals surface area contributed by atoms with E-state index in [2.05, 4.69) is 5.32 Å². The third-order valence-corrected chi connectivity index (χ3v) is 2.88. The summed E-state index contributed by atoms with van der Waals surface area (Å²) in [5.74, 6) is -1.69. The number of nitrogens with one attached hydrogen (secondary N) is 1. The average molecular weight is 298 g/mol. The highest BCUT2D eigenvalue weighted by molar-refractivity contribution is 6.26. The van der Waals surface area contributed by atoms with Crippen LogP contribution in [0.4, 0.5) is 5.69 Å². The summed E-state index contributed by atoms with van der Waals surface area (Å²) >= 11 is 0. The number of amides is 1. The Morgan fingerprint density at radius 3 is 2.32 bits per heavy atom. The number of hydrogen-bond donors (Lipinski definition) is 1. The van der Waals surface area contributed by atoms with E-state index < -0.39 is 47.8 Å². The molecule has 0 saturated heterocycles. The maximum absolute atomic E-state index is 12.7. The normalized spacial score (nSPS) is 14.5. The number of para-hydroxylation sites is 1. The van der Waals surface area contributed by atoms with Crippen LogP contribution in [-0.2, 0) is 9.59 Å². The van der Waals surface area contributed by atoms with E-state index in [1.54, 1.807) is 44.2 Å². The van der Waals surface area contributed by atoms with Crippen molar-refractivity contribution in [3.05, 3.63) is 71.7 Å². The minimum Gasteiger partial charge on any atom is -0.322 e. The maximum atomic E-state index is 12.7.